The monoisotopic (exact) mass is 2080 g/mol. The molecular formula is C112H203N11O12P6. The smallest absolute Gasteiger partial charge is 0.321 e. The topological polar surface area (TPSA) is 249 Å². The van der Waals surface area contributed by atoms with E-state index in [4.69, 9.17) is 80.6 Å². The first-order valence-electron chi connectivity index (χ1n) is 53.5. The Balaban J connectivity index is 0.000000850. The maximum Gasteiger partial charge on any atom is 0.321 e. The van der Waals surface area contributed by atoms with Crippen LogP contribution in [0.5, 0.6) is 11.5 Å². The van der Waals surface area contributed by atoms with Crippen LogP contribution in [0.15, 0.2) is 72.8 Å². The van der Waals surface area contributed by atoms with Gasteiger partial charge in [-0.1, -0.05) is 159 Å². The Bertz CT molecular complexity index is 3770. The quantitative estimate of drug-likeness (QED) is 0.0376. The van der Waals surface area contributed by atoms with Crippen LogP contribution in [-0.4, -0.2) is 165 Å². The lowest BCUT2D eigenvalue weighted by Gasteiger charge is -2.40. The summed E-state index contributed by atoms with van der Waals surface area (Å²) in [5.41, 5.74) is 6.02. The highest BCUT2D eigenvalue weighted by atomic mass is 31.2. The molecule has 29 heteroatoms. The van der Waals surface area contributed by atoms with Crippen molar-refractivity contribution in [1.82, 2.24) is 28.0 Å². The molecule has 0 N–H and O–H groups in total. The minimum atomic E-state index is -1.29. The predicted octanol–water partition coefficient (Wildman–Crippen LogP) is 34.5. The molecular weight excluding hydrogens is 1880 g/mol. The summed E-state index contributed by atoms with van der Waals surface area (Å²) in [5.74, 6) is 4.01. The molecule has 3 aliphatic rings. The van der Waals surface area contributed by atoms with Crippen LogP contribution in [0.2, 0.25) is 0 Å². The van der Waals surface area contributed by atoms with Gasteiger partial charge in [-0.25, -0.2) is 28.0 Å². The summed E-state index contributed by atoms with van der Waals surface area (Å²) in [7, 11) is -6.69. The molecule has 3 aromatic carbocycles. The normalized spacial score (nSPS) is 18.5. The molecule has 0 radical (unpaired) electrons. The van der Waals surface area contributed by atoms with E-state index >= 15 is 0 Å². The van der Waals surface area contributed by atoms with Gasteiger partial charge in [-0.3, -0.25) is 0 Å². The second-order valence-electron chi connectivity index (χ2n) is 45.5. The van der Waals surface area contributed by atoms with Crippen LogP contribution < -0.4 is 9.05 Å². The van der Waals surface area contributed by atoms with Crippen LogP contribution in [0, 0.1) is 85.2 Å². The zero-order valence-electron chi connectivity index (χ0n) is 96.1. The Kier molecular flexibility index (Phi) is 70.2. The lowest BCUT2D eigenvalue weighted by molar-refractivity contribution is 0.0686. The predicted molar refractivity (Wildman–Crippen MR) is 599 cm³/mol. The van der Waals surface area contributed by atoms with Gasteiger partial charge in [0.25, 0.3) is 34.1 Å². The Hall–Kier alpha value is -3.35. The molecule has 3 aliphatic carbocycles. The maximum atomic E-state index is 8.85. The minimum Gasteiger partial charge on any atom is -0.436 e. The molecule has 6 rings (SSSR count). The van der Waals surface area contributed by atoms with E-state index < -0.39 is 51.2 Å². The van der Waals surface area contributed by atoms with E-state index in [2.05, 4.69) is 377 Å². The van der Waals surface area contributed by atoms with Crippen molar-refractivity contribution in [3.63, 3.8) is 0 Å². The molecule has 0 aromatic heterocycles. The average Bonchev–Trinajstić information content (AvgIpc) is 0.827. The third-order valence-electron chi connectivity index (χ3n) is 24.1. The van der Waals surface area contributed by atoms with E-state index in [0.29, 0.717) is 149 Å². The molecule has 3 fully saturated rings. The lowest BCUT2D eigenvalue weighted by Crippen LogP contribution is -2.35. The first-order valence-corrected chi connectivity index (χ1v) is 60.3. The average molecular weight is 2080 g/mol. The SMILES string of the molecule is CC(C)N(C(C)C)P(OCCC#N)OC1CCC(C(C)(C)C)CC1.CC(C)N(C(C)C)P(OCCC#N)Oc1ccc(-c2ccc(C(C)(C)C)cc2)cc1.CC(C)N(C(C)C)P(OCCC#N)Oc1ccc(C(C)(C)C)cc1.CC1CCC(OP(OCCC#N)N(C(C)C)C(C)C)CC1.CC1CCC(OP(OCCC#N)N(C(C)C)C(C)C)CC1.CCCOP(OCCCCC(C)(C)C)N(C(C)C)C(C)C. The largest absolute Gasteiger partial charge is 0.436 e. The van der Waals surface area contributed by atoms with Crippen LogP contribution in [0.25, 0.3) is 11.1 Å². The molecule has 3 saturated carbocycles. The Morgan fingerprint density at radius 2 is 0.518 bits per heavy atom. The summed E-state index contributed by atoms with van der Waals surface area (Å²) in [5, 5.41) is 43.8. The van der Waals surface area contributed by atoms with Gasteiger partial charge in [0.05, 0.1) is 127 Å². The van der Waals surface area contributed by atoms with Gasteiger partial charge >= 0.3 is 17.1 Å². The van der Waals surface area contributed by atoms with Gasteiger partial charge < -0.3 is 54.3 Å². The van der Waals surface area contributed by atoms with Crippen molar-refractivity contribution < 1.29 is 54.3 Å². The van der Waals surface area contributed by atoms with Gasteiger partial charge in [0, 0.05) is 72.5 Å². The second kappa shape index (κ2) is 73.0. The number of rotatable bonds is 52. The summed E-state index contributed by atoms with van der Waals surface area (Å²) in [4.78, 5) is 0. The number of benzene rings is 3. The number of nitrogens with zero attached hydrogens (tertiary/aromatic N) is 11. The highest BCUT2D eigenvalue weighted by molar-refractivity contribution is 7.46. The van der Waals surface area contributed by atoms with Gasteiger partial charge in [0.2, 0.25) is 0 Å². The first kappa shape index (κ1) is 136. The fourth-order valence-electron chi connectivity index (χ4n) is 16.8. The van der Waals surface area contributed by atoms with Gasteiger partial charge in [-0.15, -0.1) is 0 Å². The van der Waals surface area contributed by atoms with Gasteiger partial charge in [0.15, 0.2) is 0 Å². The highest BCUT2D eigenvalue weighted by Gasteiger charge is 2.39. The number of nitriles is 5. The molecule has 0 spiro atoms. The third-order valence-corrected chi connectivity index (χ3v) is 36.9. The van der Waals surface area contributed by atoms with Crippen LogP contribution >= 0.6 is 51.2 Å². The van der Waals surface area contributed by atoms with Gasteiger partial charge in [0.1, 0.15) is 11.5 Å². The van der Waals surface area contributed by atoms with Crippen molar-refractivity contribution >= 4 is 51.2 Å². The van der Waals surface area contributed by atoms with E-state index in [-0.39, 0.29) is 29.0 Å². The number of hydrogen-bond donors (Lipinski definition) is 0. The summed E-state index contributed by atoms with van der Waals surface area (Å²) in [6.45, 7) is 89.8. The summed E-state index contributed by atoms with van der Waals surface area (Å²) >= 11 is 0. The summed E-state index contributed by atoms with van der Waals surface area (Å²) < 4.78 is 87.2. The molecule has 23 nitrogen and oxygen atoms in total. The van der Waals surface area contributed by atoms with Crippen molar-refractivity contribution in [2.75, 3.05) is 46.2 Å². The van der Waals surface area contributed by atoms with Crippen molar-refractivity contribution in [1.29, 1.82) is 26.3 Å². The zero-order valence-corrected chi connectivity index (χ0v) is 101. The third kappa shape index (κ3) is 56.9. The van der Waals surface area contributed by atoms with Gasteiger partial charge in [-0.2, -0.15) is 26.3 Å². The molecule has 0 amide bonds. The Morgan fingerprint density at radius 1 is 0.291 bits per heavy atom. The summed E-state index contributed by atoms with van der Waals surface area (Å²) in [6.07, 6.45) is 21.8. The van der Waals surface area contributed by atoms with Crippen molar-refractivity contribution in [2.45, 2.75) is 507 Å². The zero-order chi connectivity index (χ0) is 107. The highest BCUT2D eigenvalue weighted by Crippen LogP contribution is 2.55. The number of unbranched alkanes of at least 4 members (excludes halogenated alkanes) is 1. The van der Waals surface area contributed by atoms with Crippen LogP contribution in [-0.2, 0) is 56.1 Å². The molecule has 0 bridgehead atoms. The fourth-order valence-corrected chi connectivity index (χ4v) is 27.0. The maximum absolute atomic E-state index is 8.85. The molecule has 3 aromatic rings. The van der Waals surface area contributed by atoms with Gasteiger partial charge in [-0.05, 0) is 348 Å². The number of hydrogen-bond acceptors (Lipinski definition) is 23. The first-order chi connectivity index (χ1) is 66.0. The molecule has 0 saturated heterocycles. The molecule has 6 unspecified atom stereocenters. The molecule has 0 aliphatic heterocycles. The van der Waals surface area contributed by atoms with E-state index in [1.165, 1.54) is 68.1 Å². The minimum absolute atomic E-state index is 0.120. The van der Waals surface area contributed by atoms with Crippen molar-refractivity contribution in [3.05, 3.63) is 83.9 Å². The molecule has 0 heterocycles. The standard InChI is InChI=1S/C25H35N2O2P.C19H37N2O2P.C19H31N2O2P.C17H38NO2P.2C16H31N2O2P/c1-19(2)27(20(3)4)30(28-18-8-17-26)29-24-15-11-22(12-16-24)21-9-13-23(14-10-21)25(5,6)7;2*1-15(2)21(16(3)4)24(22-14-8-13-20)23-18-11-9-17(10-12-18)19(5,6)7;1-9-13-19-21(18(15(2)3)16(4)5)20-14-11-10-12-17(6,7)8;2*1-13(2)18(14(3)4)21(19-12-6-11-17)20-16-9-7-15(5)8-10-16/h9-16,19-20H,8,18H2,1-7H3;15-18H,8-12,14H2,1-7H3;9-12,15-16H,8,14H2,1-7H3;15-16H,9-14H2,1-8H3;2*13-16H,6-10,12H2,1-5H3. The Labute approximate surface area is 872 Å². The second-order valence-corrected chi connectivity index (χ2v) is 53.9. The van der Waals surface area contributed by atoms with E-state index in [0.717, 1.165) is 99.4 Å². The van der Waals surface area contributed by atoms with E-state index in [1.54, 1.807) is 0 Å². The molecule has 141 heavy (non-hydrogen) atoms. The van der Waals surface area contributed by atoms with Crippen molar-refractivity contribution in [3.8, 4) is 53.0 Å². The molecule has 6 atom stereocenters. The fraction of sp³-hybridized carbons (Fsp3) is 0.795. The van der Waals surface area contributed by atoms with Crippen LogP contribution in [0.4, 0.5) is 0 Å². The van der Waals surface area contributed by atoms with E-state index in [1.807, 2.05) is 24.3 Å². The van der Waals surface area contributed by atoms with Crippen LogP contribution in [0.1, 0.15) is 416 Å². The molecule has 808 valence electrons. The van der Waals surface area contributed by atoms with Crippen molar-refractivity contribution in [2.24, 2.45) is 28.6 Å². The van der Waals surface area contributed by atoms with Crippen LogP contribution in [0.3, 0.4) is 0 Å². The lowest BCUT2D eigenvalue weighted by atomic mass is 9.72. The summed E-state index contributed by atoms with van der Waals surface area (Å²) in [6, 6.07) is 40.1. The Morgan fingerprint density at radius 3 is 0.766 bits per heavy atom. The van der Waals surface area contributed by atoms with E-state index in [9.17, 15) is 0 Å².